The molecule has 0 spiro atoms. The summed E-state index contributed by atoms with van der Waals surface area (Å²) in [4.78, 5) is 10.0. The minimum Gasteiger partial charge on any atom is -0.292 e. The van der Waals surface area contributed by atoms with Gasteiger partial charge in [0.2, 0.25) is 0 Å². The summed E-state index contributed by atoms with van der Waals surface area (Å²) in [5, 5.41) is 12.5. The van der Waals surface area contributed by atoms with E-state index in [2.05, 4.69) is 144 Å². The van der Waals surface area contributed by atoms with Gasteiger partial charge in [-0.25, -0.2) is 4.98 Å². The standard InChI is InChI=1S/C38H24N3P/c1-2-11-27(12-3-1)42(28-20-21-30-26(22-28)19-18-25-10-4-5-13-29(25)30)36-24-39-23-32-37(36)31-14-6-8-16-34(31)41-35-17-9-7-15-33(35)40-38(32)41/h1-24H. The fourth-order valence-corrected chi connectivity index (χ4v) is 9.01. The zero-order chi connectivity index (χ0) is 27.6. The molecule has 0 saturated heterocycles. The molecule has 0 aliphatic heterocycles. The number of aromatic nitrogens is 3. The molecule has 0 amide bonds. The highest BCUT2D eigenvalue weighted by atomic mass is 31.1. The quantitative estimate of drug-likeness (QED) is 0.163. The van der Waals surface area contributed by atoms with Crippen LogP contribution in [0.15, 0.2) is 146 Å². The zero-order valence-electron chi connectivity index (χ0n) is 22.6. The van der Waals surface area contributed by atoms with Gasteiger partial charge in [-0.15, -0.1) is 0 Å². The fraction of sp³-hybridized carbons (Fsp3) is 0. The molecule has 0 fully saturated rings. The van der Waals surface area contributed by atoms with E-state index in [0.29, 0.717) is 0 Å². The summed E-state index contributed by atoms with van der Waals surface area (Å²) in [6, 6.07) is 48.2. The van der Waals surface area contributed by atoms with Crippen molar-refractivity contribution >= 4 is 83.7 Å². The van der Waals surface area contributed by atoms with Crippen molar-refractivity contribution in [3.8, 4) is 0 Å². The summed E-state index contributed by atoms with van der Waals surface area (Å²) in [5.41, 5.74) is 4.22. The molecule has 6 aromatic carbocycles. The molecule has 1 atom stereocenters. The molecule has 0 N–H and O–H groups in total. The first kappa shape index (κ1) is 23.6. The molecule has 9 aromatic rings. The highest BCUT2D eigenvalue weighted by Gasteiger charge is 2.23. The van der Waals surface area contributed by atoms with Crippen molar-refractivity contribution in [2.24, 2.45) is 0 Å². The van der Waals surface area contributed by atoms with Gasteiger partial charge < -0.3 is 0 Å². The van der Waals surface area contributed by atoms with E-state index in [4.69, 9.17) is 9.97 Å². The third-order valence-electron chi connectivity index (χ3n) is 8.38. The lowest BCUT2D eigenvalue weighted by Gasteiger charge is -2.22. The number of rotatable bonds is 3. The van der Waals surface area contributed by atoms with Gasteiger partial charge in [-0.05, 0) is 64.3 Å². The molecule has 0 aliphatic rings. The first-order valence-electron chi connectivity index (χ1n) is 14.2. The number of imidazole rings is 1. The third-order valence-corrected chi connectivity index (χ3v) is 10.8. The van der Waals surface area contributed by atoms with E-state index in [9.17, 15) is 0 Å². The Morgan fingerprint density at radius 1 is 0.500 bits per heavy atom. The second-order valence-electron chi connectivity index (χ2n) is 10.7. The Morgan fingerprint density at radius 2 is 1.21 bits per heavy atom. The first-order valence-corrected chi connectivity index (χ1v) is 15.5. The normalized spacial score (nSPS) is 12.7. The Morgan fingerprint density at radius 3 is 2.12 bits per heavy atom. The van der Waals surface area contributed by atoms with Gasteiger partial charge in [0.25, 0.3) is 0 Å². The third kappa shape index (κ3) is 3.44. The molecule has 0 radical (unpaired) electrons. The first-order chi connectivity index (χ1) is 20.8. The lowest BCUT2D eigenvalue weighted by atomic mass is 10.0. The van der Waals surface area contributed by atoms with Crippen LogP contribution < -0.4 is 15.9 Å². The van der Waals surface area contributed by atoms with Gasteiger partial charge in [0.05, 0.1) is 16.6 Å². The van der Waals surface area contributed by atoms with Crippen LogP contribution in [0.4, 0.5) is 0 Å². The van der Waals surface area contributed by atoms with E-state index in [-0.39, 0.29) is 0 Å². The number of benzene rings is 6. The second kappa shape index (κ2) is 9.21. The maximum Gasteiger partial charge on any atom is 0.147 e. The summed E-state index contributed by atoms with van der Waals surface area (Å²) in [6.07, 6.45) is 4.09. The van der Waals surface area contributed by atoms with Crippen LogP contribution in [0.2, 0.25) is 0 Å². The Labute approximate surface area is 243 Å². The smallest absolute Gasteiger partial charge is 0.147 e. The van der Waals surface area contributed by atoms with Crippen LogP contribution in [-0.2, 0) is 0 Å². The molecule has 3 heterocycles. The van der Waals surface area contributed by atoms with Gasteiger partial charge in [0, 0.05) is 33.9 Å². The summed E-state index contributed by atoms with van der Waals surface area (Å²) in [6.45, 7) is 0. The Kier molecular flexibility index (Phi) is 5.17. The molecule has 3 nitrogen and oxygen atoms in total. The molecule has 3 aromatic heterocycles. The predicted molar refractivity (Wildman–Crippen MR) is 179 cm³/mol. The molecule has 4 heteroatoms. The number of para-hydroxylation sites is 3. The van der Waals surface area contributed by atoms with E-state index in [1.807, 2.05) is 6.20 Å². The number of fused-ring (bicyclic) bond motifs is 11. The van der Waals surface area contributed by atoms with Crippen molar-refractivity contribution in [1.82, 2.24) is 14.4 Å². The lowest BCUT2D eigenvalue weighted by molar-refractivity contribution is 1.30. The number of hydrogen-bond acceptors (Lipinski definition) is 2. The molecule has 0 saturated carbocycles. The molecular weight excluding hydrogens is 529 g/mol. The van der Waals surface area contributed by atoms with Gasteiger partial charge in [-0.3, -0.25) is 9.38 Å². The maximum atomic E-state index is 5.14. The van der Waals surface area contributed by atoms with Crippen LogP contribution in [-0.4, -0.2) is 14.4 Å². The van der Waals surface area contributed by atoms with E-state index in [1.165, 1.54) is 48.2 Å². The van der Waals surface area contributed by atoms with E-state index >= 15 is 0 Å². The van der Waals surface area contributed by atoms with Gasteiger partial charge in [0.1, 0.15) is 5.65 Å². The van der Waals surface area contributed by atoms with Crippen LogP contribution in [0.25, 0.3) is 59.9 Å². The molecule has 196 valence electrons. The maximum absolute atomic E-state index is 5.14. The summed E-state index contributed by atoms with van der Waals surface area (Å²) >= 11 is 0. The monoisotopic (exact) mass is 553 g/mol. The van der Waals surface area contributed by atoms with Crippen molar-refractivity contribution < 1.29 is 0 Å². The predicted octanol–water partition coefficient (Wildman–Crippen LogP) is 8.25. The Balaban J connectivity index is 1.39. The number of hydrogen-bond donors (Lipinski definition) is 0. The van der Waals surface area contributed by atoms with Crippen LogP contribution in [0.1, 0.15) is 0 Å². The lowest BCUT2D eigenvalue weighted by Crippen LogP contribution is -2.22. The van der Waals surface area contributed by atoms with Crippen molar-refractivity contribution in [3.63, 3.8) is 0 Å². The van der Waals surface area contributed by atoms with Crippen LogP contribution in [0, 0.1) is 0 Å². The molecule has 0 bridgehead atoms. The highest BCUT2D eigenvalue weighted by Crippen LogP contribution is 2.40. The van der Waals surface area contributed by atoms with E-state index < -0.39 is 7.92 Å². The van der Waals surface area contributed by atoms with Crippen molar-refractivity contribution in [2.45, 2.75) is 0 Å². The Hall–Kier alpha value is -5.11. The second-order valence-corrected chi connectivity index (χ2v) is 12.9. The SMILES string of the molecule is c1ccc(P(c2ccc3c(ccc4ccccc43)c2)c2cncc3c2c2ccccc2n2c4ccccc4nc32)cc1. The fourth-order valence-electron chi connectivity index (χ4n) is 6.55. The van der Waals surface area contributed by atoms with E-state index in [1.54, 1.807) is 0 Å². The number of nitrogens with zero attached hydrogens (tertiary/aromatic N) is 3. The van der Waals surface area contributed by atoms with Gasteiger partial charge in [0.15, 0.2) is 0 Å². The van der Waals surface area contributed by atoms with Crippen LogP contribution >= 0.6 is 7.92 Å². The highest BCUT2D eigenvalue weighted by molar-refractivity contribution is 7.80. The Bertz CT molecular complexity index is 2480. The van der Waals surface area contributed by atoms with Crippen molar-refractivity contribution in [1.29, 1.82) is 0 Å². The molecule has 0 aliphatic carbocycles. The summed E-state index contributed by atoms with van der Waals surface area (Å²) in [7, 11) is -0.914. The molecule has 42 heavy (non-hydrogen) atoms. The summed E-state index contributed by atoms with van der Waals surface area (Å²) < 4.78 is 2.30. The molecule has 1 unspecified atom stereocenters. The van der Waals surface area contributed by atoms with Gasteiger partial charge in [-0.2, -0.15) is 0 Å². The van der Waals surface area contributed by atoms with Gasteiger partial charge >= 0.3 is 0 Å². The van der Waals surface area contributed by atoms with Crippen molar-refractivity contribution in [3.05, 3.63) is 146 Å². The minimum atomic E-state index is -0.914. The van der Waals surface area contributed by atoms with Gasteiger partial charge in [-0.1, -0.05) is 109 Å². The van der Waals surface area contributed by atoms with Crippen LogP contribution in [0.5, 0.6) is 0 Å². The van der Waals surface area contributed by atoms with Crippen molar-refractivity contribution in [2.75, 3.05) is 0 Å². The molecular formula is C38H24N3P. The average molecular weight is 554 g/mol. The minimum absolute atomic E-state index is 0.914. The average Bonchev–Trinajstić information content (AvgIpc) is 3.46. The van der Waals surface area contributed by atoms with E-state index in [0.717, 1.165) is 27.6 Å². The zero-order valence-corrected chi connectivity index (χ0v) is 23.5. The van der Waals surface area contributed by atoms with Crippen LogP contribution in [0.3, 0.4) is 0 Å². The number of pyridine rings is 2. The summed E-state index contributed by atoms with van der Waals surface area (Å²) in [5.74, 6) is 0. The molecule has 9 rings (SSSR count). The topological polar surface area (TPSA) is 30.2 Å². The largest absolute Gasteiger partial charge is 0.292 e.